The summed E-state index contributed by atoms with van der Waals surface area (Å²) in [6, 6.07) is 0. The molecule has 0 N–H and O–H groups in total. The van der Waals surface area contributed by atoms with Crippen LogP contribution in [-0.2, 0) is 19.1 Å². The summed E-state index contributed by atoms with van der Waals surface area (Å²) >= 11 is 0. The number of carbonyl (C=O) groups is 2. The fourth-order valence-electron chi connectivity index (χ4n) is 3.20. The van der Waals surface area contributed by atoms with Crippen LogP contribution in [-0.4, -0.2) is 18.5 Å². The van der Waals surface area contributed by atoms with E-state index in [1.54, 1.807) is 6.92 Å². The van der Waals surface area contributed by atoms with Crippen molar-refractivity contribution in [1.82, 2.24) is 0 Å². The molecule has 0 aliphatic heterocycles. The van der Waals surface area contributed by atoms with E-state index in [-0.39, 0.29) is 24.5 Å². The van der Waals surface area contributed by atoms with Crippen molar-refractivity contribution in [3.05, 3.63) is 59.4 Å². The summed E-state index contributed by atoms with van der Waals surface area (Å²) in [6.45, 7) is 22.3. The smallest absolute Gasteiger partial charge is 0.310 e. The number of carbonyl (C=O) groups excluding carboxylic acids is 2. The molecule has 0 heterocycles. The largest absolute Gasteiger partial charge is 0.466 e. The molecule has 4 nitrogen and oxygen atoms in total. The van der Waals surface area contributed by atoms with E-state index in [2.05, 4.69) is 53.0 Å². The van der Waals surface area contributed by atoms with Gasteiger partial charge in [0.2, 0.25) is 0 Å². The first-order valence-corrected chi connectivity index (χ1v) is 12.2. The Bertz CT molecular complexity index is 746. The van der Waals surface area contributed by atoms with Crippen LogP contribution in [0.2, 0.25) is 0 Å². The highest BCUT2D eigenvalue weighted by Crippen LogP contribution is 2.27. The van der Waals surface area contributed by atoms with Crippen molar-refractivity contribution in [2.45, 2.75) is 93.4 Å². The maximum atomic E-state index is 12.2. The lowest BCUT2D eigenvalue weighted by Crippen LogP contribution is -2.15. The summed E-state index contributed by atoms with van der Waals surface area (Å²) in [4.78, 5) is 23.5. The van der Waals surface area contributed by atoms with E-state index in [1.165, 1.54) is 12.5 Å². The molecule has 4 heteroatoms. The molecule has 33 heavy (non-hydrogen) atoms. The van der Waals surface area contributed by atoms with Crippen LogP contribution >= 0.6 is 0 Å². The van der Waals surface area contributed by atoms with Crippen LogP contribution in [0.1, 0.15) is 93.4 Å². The van der Waals surface area contributed by atoms with Crippen molar-refractivity contribution in [3.8, 4) is 0 Å². The van der Waals surface area contributed by atoms with Gasteiger partial charge in [0.1, 0.15) is 5.76 Å². The van der Waals surface area contributed by atoms with Crippen LogP contribution in [0.25, 0.3) is 0 Å². The highest BCUT2D eigenvalue weighted by atomic mass is 16.5. The number of allylic oxidation sites excluding steroid dienone is 8. The minimum Gasteiger partial charge on any atom is -0.466 e. The topological polar surface area (TPSA) is 52.6 Å². The van der Waals surface area contributed by atoms with E-state index in [4.69, 9.17) is 9.47 Å². The Hall–Kier alpha value is -2.36. The molecule has 0 aromatic carbocycles. The second kappa shape index (κ2) is 17.2. The third-order valence-electron chi connectivity index (χ3n) is 5.25. The molecule has 0 rings (SSSR count). The minimum atomic E-state index is -0.315. The lowest BCUT2D eigenvalue weighted by atomic mass is 9.93. The molecule has 1 atom stereocenters. The first-order chi connectivity index (χ1) is 15.5. The molecule has 0 amide bonds. The highest BCUT2D eigenvalue weighted by Gasteiger charge is 2.19. The summed E-state index contributed by atoms with van der Waals surface area (Å²) < 4.78 is 11.0. The highest BCUT2D eigenvalue weighted by molar-refractivity contribution is 5.70. The number of ether oxygens (including phenoxy) is 2. The van der Waals surface area contributed by atoms with E-state index in [0.29, 0.717) is 30.9 Å². The van der Waals surface area contributed by atoms with Gasteiger partial charge in [-0.25, -0.2) is 0 Å². The van der Waals surface area contributed by atoms with Crippen LogP contribution in [0, 0.1) is 11.8 Å². The summed E-state index contributed by atoms with van der Waals surface area (Å²) in [5, 5.41) is 0. The molecule has 0 aliphatic rings. The number of esters is 2. The molecule has 0 aliphatic carbocycles. The van der Waals surface area contributed by atoms with Crippen LogP contribution in [0.4, 0.5) is 0 Å². The maximum absolute atomic E-state index is 12.2. The number of hydrogen-bond donors (Lipinski definition) is 0. The Morgan fingerprint density at radius 2 is 1.67 bits per heavy atom. The molecule has 0 saturated carbocycles. The summed E-state index contributed by atoms with van der Waals surface area (Å²) in [5.41, 5.74) is 4.37. The first-order valence-electron chi connectivity index (χ1n) is 12.2. The van der Waals surface area contributed by atoms with Gasteiger partial charge in [-0.1, -0.05) is 69.2 Å². The third-order valence-corrected chi connectivity index (χ3v) is 5.25. The fraction of sp³-hybridized carbons (Fsp3) is 0.586. The van der Waals surface area contributed by atoms with E-state index in [1.807, 2.05) is 13.0 Å². The first kappa shape index (κ1) is 30.6. The molecule has 0 fully saturated rings. The van der Waals surface area contributed by atoms with E-state index in [0.717, 1.165) is 42.4 Å². The minimum absolute atomic E-state index is 0.109. The predicted octanol–water partition coefficient (Wildman–Crippen LogP) is 8.02. The molecule has 0 saturated heterocycles. The van der Waals surface area contributed by atoms with Gasteiger partial charge in [-0.05, 0) is 70.4 Å². The monoisotopic (exact) mass is 458 g/mol. The number of rotatable bonds is 16. The molecule has 186 valence electrons. The Balaban J connectivity index is 5.85. The van der Waals surface area contributed by atoms with E-state index < -0.39 is 0 Å². The van der Waals surface area contributed by atoms with Gasteiger partial charge in [0, 0.05) is 19.3 Å². The lowest BCUT2D eigenvalue weighted by molar-refractivity contribution is -0.143. The Kier molecular flexibility index (Phi) is 15.9. The Morgan fingerprint density at radius 3 is 2.18 bits per heavy atom. The molecule has 0 spiro atoms. The van der Waals surface area contributed by atoms with Gasteiger partial charge in [0.25, 0.3) is 0 Å². The maximum Gasteiger partial charge on any atom is 0.310 e. The van der Waals surface area contributed by atoms with Crippen LogP contribution < -0.4 is 0 Å². The van der Waals surface area contributed by atoms with Gasteiger partial charge in [0.15, 0.2) is 0 Å². The molecule has 0 aromatic rings. The number of hydrogen-bond acceptors (Lipinski definition) is 4. The summed E-state index contributed by atoms with van der Waals surface area (Å²) in [6.07, 6.45) is 11.6. The zero-order chi connectivity index (χ0) is 25.4. The van der Waals surface area contributed by atoms with Crippen LogP contribution in [0.3, 0.4) is 0 Å². The van der Waals surface area contributed by atoms with E-state index >= 15 is 0 Å². The molecular formula is C29H46O4. The van der Waals surface area contributed by atoms with Gasteiger partial charge < -0.3 is 9.47 Å². The van der Waals surface area contributed by atoms with Crippen LogP contribution in [0.15, 0.2) is 59.4 Å². The average molecular weight is 459 g/mol. The van der Waals surface area contributed by atoms with Crippen molar-refractivity contribution >= 4 is 11.9 Å². The zero-order valence-corrected chi connectivity index (χ0v) is 22.1. The molecule has 1 unspecified atom stereocenters. The van der Waals surface area contributed by atoms with Crippen molar-refractivity contribution in [1.29, 1.82) is 0 Å². The summed E-state index contributed by atoms with van der Waals surface area (Å²) in [7, 11) is 0. The molecule has 0 aromatic heterocycles. The SMILES string of the molecule is C=C(C=C(OC(=O)CC)C(C/C=C(\CC=C(C)C)C(=C)C)CCOC(C)=O)CCCC(C)C. The van der Waals surface area contributed by atoms with Gasteiger partial charge in [-0.2, -0.15) is 0 Å². The van der Waals surface area contributed by atoms with E-state index in [9.17, 15) is 9.59 Å². The van der Waals surface area contributed by atoms with Gasteiger partial charge >= 0.3 is 11.9 Å². The zero-order valence-electron chi connectivity index (χ0n) is 22.1. The van der Waals surface area contributed by atoms with Crippen molar-refractivity contribution in [3.63, 3.8) is 0 Å². The van der Waals surface area contributed by atoms with Gasteiger partial charge in [0.05, 0.1) is 6.61 Å². The summed E-state index contributed by atoms with van der Waals surface area (Å²) in [5.74, 6) is 0.542. The van der Waals surface area contributed by atoms with Crippen molar-refractivity contribution in [2.24, 2.45) is 11.8 Å². The normalized spacial score (nSPS) is 12.8. The van der Waals surface area contributed by atoms with Crippen molar-refractivity contribution in [2.75, 3.05) is 6.61 Å². The average Bonchev–Trinajstić information content (AvgIpc) is 2.70. The Labute approximate surface area is 202 Å². The Morgan fingerprint density at radius 1 is 1.00 bits per heavy atom. The van der Waals surface area contributed by atoms with Crippen LogP contribution in [0.5, 0.6) is 0 Å². The second-order valence-corrected chi connectivity index (χ2v) is 9.38. The van der Waals surface area contributed by atoms with Gasteiger partial charge in [-0.15, -0.1) is 0 Å². The lowest BCUT2D eigenvalue weighted by Gasteiger charge is -2.20. The van der Waals surface area contributed by atoms with Crippen molar-refractivity contribution < 1.29 is 19.1 Å². The quantitative estimate of drug-likeness (QED) is 0.102. The molecule has 0 radical (unpaired) electrons. The second-order valence-electron chi connectivity index (χ2n) is 9.38. The predicted molar refractivity (Wildman–Crippen MR) is 139 cm³/mol. The molecule has 0 bridgehead atoms. The third kappa shape index (κ3) is 16.0. The van der Waals surface area contributed by atoms with Gasteiger partial charge in [-0.3, -0.25) is 9.59 Å². The molecular weight excluding hydrogens is 412 g/mol. The standard InChI is InChI=1S/C29H46O4/c1-10-29(31)33-28(20-24(8)13-11-12-21(2)3)27(18-19-32-25(9)30)17-16-26(23(6)7)15-14-22(4)5/h14,16,20-21,27H,6,8,10-13,15,17-19H2,1-5,7,9H3/b26-16+,28-20?. The fourth-order valence-corrected chi connectivity index (χ4v) is 3.20.